The van der Waals surface area contributed by atoms with Gasteiger partial charge in [-0.15, -0.1) is 22.7 Å². The molecule has 1 N–H and O–H groups in total. The first kappa shape index (κ1) is 13.5. The number of rotatable bonds is 3. The van der Waals surface area contributed by atoms with Gasteiger partial charge in [-0.3, -0.25) is 0 Å². The SMILES string of the molecule is Cc1ccccc1-c1nc(-c2cccs2)c(-c2cccs2)[nH]1. The molecule has 0 saturated heterocycles. The summed E-state index contributed by atoms with van der Waals surface area (Å²) in [5.74, 6) is 0.935. The summed E-state index contributed by atoms with van der Waals surface area (Å²) in [6.07, 6.45) is 0. The van der Waals surface area contributed by atoms with Crippen LogP contribution in [-0.2, 0) is 0 Å². The maximum atomic E-state index is 4.90. The van der Waals surface area contributed by atoms with Crippen LogP contribution in [-0.4, -0.2) is 9.97 Å². The number of nitrogens with one attached hydrogen (secondary N) is 1. The Morgan fingerprint density at radius 2 is 1.59 bits per heavy atom. The van der Waals surface area contributed by atoms with Crippen molar-refractivity contribution in [3.05, 3.63) is 64.9 Å². The summed E-state index contributed by atoms with van der Waals surface area (Å²) in [5, 5.41) is 4.19. The zero-order valence-electron chi connectivity index (χ0n) is 12.0. The predicted molar refractivity (Wildman–Crippen MR) is 95.4 cm³/mol. The van der Waals surface area contributed by atoms with Gasteiger partial charge in [-0.1, -0.05) is 36.4 Å². The van der Waals surface area contributed by atoms with Gasteiger partial charge in [-0.2, -0.15) is 0 Å². The molecule has 0 aliphatic heterocycles. The fourth-order valence-corrected chi connectivity index (χ4v) is 3.98. The van der Waals surface area contributed by atoms with Crippen LogP contribution in [0.2, 0.25) is 0 Å². The molecule has 0 radical (unpaired) electrons. The van der Waals surface area contributed by atoms with E-state index in [9.17, 15) is 0 Å². The summed E-state index contributed by atoms with van der Waals surface area (Å²) in [6.45, 7) is 2.12. The molecule has 0 aliphatic rings. The maximum Gasteiger partial charge on any atom is 0.138 e. The highest BCUT2D eigenvalue weighted by Gasteiger charge is 2.17. The lowest BCUT2D eigenvalue weighted by molar-refractivity contribution is 1.29. The van der Waals surface area contributed by atoms with Crippen LogP contribution < -0.4 is 0 Å². The minimum absolute atomic E-state index is 0.935. The predicted octanol–water partition coefficient (Wildman–Crippen LogP) is 5.84. The van der Waals surface area contributed by atoms with Crippen LogP contribution >= 0.6 is 22.7 Å². The average molecular weight is 322 g/mol. The van der Waals surface area contributed by atoms with Crippen molar-refractivity contribution in [1.82, 2.24) is 9.97 Å². The minimum atomic E-state index is 0.935. The smallest absolute Gasteiger partial charge is 0.138 e. The molecule has 2 nitrogen and oxygen atoms in total. The number of benzene rings is 1. The van der Waals surface area contributed by atoms with E-state index in [1.54, 1.807) is 22.7 Å². The Bertz CT molecular complexity index is 835. The molecule has 1 aromatic carbocycles. The lowest BCUT2D eigenvalue weighted by Gasteiger charge is -2.00. The van der Waals surface area contributed by atoms with E-state index >= 15 is 0 Å². The molecular weight excluding hydrogens is 308 g/mol. The highest BCUT2D eigenvalue weighted by atomic mass is 32.1. The van der Waals surface area contributed by atoms with Crippen LogP contribution in [0.5, 0.6) is 0 Å². The highest BCUT2D eigenvalue weighted by Crippen LogP contribution is 2.37. The average Bonchev–Trinajstić information content (AvgIpc) is 3.27. The van der Waals surface area contributed by atoms with Gasteiger partial charge in [0.25, 0.3) is 0 Å². The van der Waals surface area contributed by atoms with Crippen LogP contribution in [0.15, 0.2) is 59.3 Å². The van der Waals surface area contributed by atoms with Crippen molar-refractivity contribution in [2.75, 3.05) is 0 Å². The topological polar surface area (TPSA) is 28.7 Å². The Morgan fingerprint density at radius 1 is 0.864 bits per heavy atom. The number of imidazole rings is 1. The van der Waals surface area contributed by atoms with E-state index in [-0.39, 0.29) is 0 Å². The van der Waals surface area contributed by atoms with Gasteiger partial charge < -0.3 is 4.98 Å². The van der Waals surface area contributed by atoms with Crippen molar-refractivity contribution in [3.8, 4) is 32.5 Å². The Labute approximate surface area is 137 Å². The first-order valence-electron chi connectivity index (χ1n) is 7.06. The third-order valence-electron chi connectivity index (χ3n) is 3.63. The van der Waals surface area contributed by atoms with E-state index in [0.717, 1.165) is 22.8 Å². The molecule has 4 heteroatoms. The molecule has 3 aromatic heterocycles. The molecule has 0 aliphatic carbocycles. The monoisotopic (exact) mass is 322 g/mol. The van der Waals surface area contributed by atoms with Crippen molar-refractivity contribution in [1.29, 1.82) is 0 Å². The molecule has 0 spiro atoms. The quantitative estimate of drug-likeness (QED) is 0.504. The molecule has 3 heterocycles. The fraction of sp³-hybridized carbons (Fsp3) is 0.0556. The van der Waals surface area contributed by atoms with E-state index < -0.39 is 0 Å². The van der Waals surface area contributed by atoms with Gasteiger partial charge in [0, 0.05) is 5.56 Å². The molecule has 4 aromatic rings. The van der Waals surface area contributed by atoms with Gasteiger partial charge in [0.05, 0.1) is 15.4 Å². The first-order chi connectivity index (χ1) is 10.8. The van der Waals surface area contributed by atoms with Crippen molar-refractivity contribution in [2.45, 2.75) is 6.92 Å². The lowest BCUT2D eigenvalue weighted by Crippen LogP contribution is -1.84. The lowest BCUT2D eigenvalue weighted by atomic mass is 10.1. The van der Waals surface area contributed by atoms with E-state index in [0.29, 0.717) is 0 Å². The molecule has 0 saturated carbocycles. The first-order valence-corrected chi connectivity index (χ1v) is 8.82. The minimum Gasteiger partial charge on any atom is -0.337 e. The van der Waals surface area contributed by atoms with Gasteiger partial charge in [0.15, 0.2) is 0 Å². The Balaban J connectivity index is 1.93. The highest BCUT2D eigenvalue weighted by molar-refractivity contribution is 7.14. The van der Waals surface area contributed by atoms with Gasteiger partial charge >= 0.3 is 0 Å². The zero-order chi connectivity index (χ0) is 14.9. The Morgan fingerprint density at radius 3 is 2.27 bits per heavy atom. The molecule has 0 fully saturated rings. The molecule has 0 atom stereocenters. The molecule has 4 rings (SSSR count). The Hall–Kier alpha value is -2.17. The zero-order valence-corrected chi connectivity index (χ0v) is 13.7. The maximum absolute atomic E-state index is 4.90. The van der Waals surface area contributed by atoms with E-state index in [2.05, 4.69) is 71.2 Å². The number of thiophene rings is 2. The number of nitrogens with zero attached hydrogens (tertiary/aromatic N) is 1. The van der Waals surface area contributed by atoms with Gasteiger partial charge in [-0.25, -0.2) is 4.98 Å². The number of hydrogen-bond donors (Lipinski definition) is 1. The standard InChI is InChI=1S/C18H14N2S2/c1-12-6-2-3-7-13(12)18-19-16(14-8-4-10-21-14)17(20-18)15-9-5-11-22-15/h2-11H,1H3,(H,19,20). The summed E-state index contributed by atoms with van der Waals surface area (Å²) in [7, 11) is 0. The van der Waals surface area contributed by atoms with Gasteiger partial charge in [0.2, 0.25) is 0 Å². The molecule has 0 unspecified atom stereocenters. The van der Waals surface area contributed by atoms with Crippen molar-refractivity contribution in [3.63, 3.8) is 0 Å². The number of aromatic nitrogens is 2. The largest absolute Gasteiger partial charge is 0.337 e. The fourth-order valence-electron chi connectivity index (χ4n) is 2.53. The van der Waals surface area contributed by atoms with Gasteiger partial charge in [0.1, 0.15) is 11.5 Å². The Kier molecular flexibility index (Phi) is 3.41. The van der Waals surface area contributed by atoms with E-state index in [4.69, 9.17) is 4.98 Å². The van der Waals surface area contributed by atoms with Crippen LogP contribution in [0.3, 0.4) is 0 Å². The third-order valence-corrected chi connectivity index (χ3v) is 5.39. The van der Waals surface area contributed by atoms with Crippen molar-refractivity contribution >= 4 is 22.7 Å². The van der Waals surface area contributed by atoms with E-state index in [1.165, 1.54) is 15.3 Å². The molecule has 22 heavy (non-hydrogen) atoms. The second-order valence-electron chi connectivity index (χ2n) is 5.08. The molecule has 108 valence electrons. The van der Waals surface area contributed by atoms with Crippen LogP contribution in [0.1, 0.15) is 5.56 Å². The normalized spacial score (nSPS) is 11.0. The summed E-state index contributed by atoms with van der Waals surface area (Å²) in [6, 6.07) is 16.8. The summed E-state index contributed by atoms with van der Waals surface area (Å²) >= 11 is 3.46. The second kappa shape index (κ2) is 5.55. The number of aryl methyl sites for hydroxylation is 1. The summed E-state index contributed by atoms with van der Waals surface area (Å²) < 4.78 is 0. The number of hydrogen-bond acceptors (Lipinski definition) is 3. The molecule has 0 amide bonds. The van der Waals surface area contributed by atoms with Crippen LogP contribution in [0, 0.1) is 6.92 Å². The number of H-pyrrole nitrogens is 1. The number of aromatic amines is 1. The summed E-state index contributed by atoms with van der Waals surface area (Å²) in [4.78, 5) is 10.8. The molecule has 0 bridgehead atoms. The van der Waals surface area contributed by atoms with Crippen LogP contribution in [0.4, 0.5) is 0 Å². The van der Waals surface area contributed by atoms with E-state index in [1.807, 2.05) is 0 Å². The van der Waals surface area contributed by atoms with Gasteiger partial charge in [-0.05, 0) is 35.4 Å². The molecular formula is C18H14N2S2. The van der Waals surface area contributed by atoms with Crippen molar-refractivity contribution in [2.24, 2.45) is 0 Å². The van der Waals surface area contributed by atoms with Crippen molar-refractivity contribution < 1.29 is 0 Å². The summed E-state index contributed by atoms with van der Waals surface area (Å²) in [5.41, 5.74) is 4.53. The third kappa shape index (κ3) is 2.30. The second-order valence-corrected chi connectivity index (χ2v) is 6.97. The van der Waals surface area contributed by atoms with Crippen LogP contribution in [0.25, 0.3) is 32.5 Å².